The number of hydrogen-bond donors (Lipinski definition) is 0. The fourth-order valence-corrected chi connectivity index (χ4v) is 9.25. The first kappa shape index (κ1) is 22.1. The highest BCUT2D eigenvalue weighted by atomic mass is 127. The lowest BCUT2D eigenvalue weighted by Crippen LogP contribution is -2.39. The van der Waals surface area contributed by atoms with Crippen molar-refractivity contribution in [3.8, 4) is 11.1 Å². The lowest BCUT2D eigenvalue weighted by atomic mass is 10.2. The zero-order valence-corrected chi connectivity index (χ0v) is 21.3. The van der Waals surface area contributed by atoms with Crippen LogP contribution in [0.2, 0.25) is 32.7 Å². The Morgan fingerprint density at radius 3 is 2.19 bits per heavy atom. The number of benzene rings is 1. The summed E-state index contributed by atoms with van der Waals surface area (Å²) in [5.74, 6) is 0. The Morgan fingerprint density at radius 2 is 1.65 bits per heavy atom. The van der Waals surface area contributed by atoms with Crippen molar-refractivity contribution in [3.05, 3.63) is 29.8 Å². The van der Waals surface area contributed by atoms with Gasteiger partial charge in [-0.05, 0) is 32.2 Å². The van der Waals surface area contributed by atoms with E-state index in [1.807, 2.05) is 19.1 Å². The minimum Gasteiger partial charge on any atom is -0.400 e. The highest BCUT2D eigenvalue weighted by Gasteiger charge is 2.41. The van der Waals surface area contributed by atoms with E-state index >= 15 is 0 Å². The largest absolute Gasteiger partial charge is 0.400 e. The summed E-state index contributed by atoms with van der Waals surface area (Å²) in [4.78, 5) is 0.349. The molecule has 0 radical (unpaired) electrons. The maximum Gasteiger partial charge on any atom is 0.265 e. The van der Waals surface area contributed by atoms with Crippen molar-refractivity contribution < 1.29 is 12.8 Å². The molecule has 0 bridgehead atoms. The average molecular weight is 522 g/mol. The van der Waals surface area contributed by atoms with Gasteiger partial charge in [-0.2, -0.15) is 4.31 Å². The summed E-state index contributed by atoms with van der Waals surface area (Å²) in [6, 6.07) is 7.03. The summed E-state index contributed by atoms with van der Waals surface area (Å²) >= 11 is 2.31. The predicted octanol–water partition coefficient (Wildman–Crippen LogP) is 3.81. The molecule has 0 N–H and O–H groups in total. The molecule has 144 valence electrons. The topological polar surface area (TPSA) is 46.6 Å². The molecule has 26 heavy (non-hydrogen) atoms. The van der Waals surface area contributed by atoms with E-state index in [-0.39, 0.29) is 10.0 Å². The van der Waals surface area contributed by atoms with Crippen molar-refractivity contribution in [3.63, 3.8) is 0 Å². The molecule has 0 amide bonds. The first-order chi connectivity index (χ1) is 11.8. The number of rotatable bonds is 4. The third kappa shape index (κ3) is 5.91. The third-order valence-electron chi connectivity index (χ3n) is 4.01. The molecule has 2 atom stereocenters. The Morgan fingerprint density at radius 1 is 1.08 bits per heavy atom. The zero-order valence-electron chi connectivity index (χ0n) is 16.3. The van der Waals surface area contributed by atoms with E-state index in [1.54, 1.807) is 16.4 Å². The van der Waals surface area contributed by atoms with Gasteiger partial charge in [-0.15, -0.1) is 11.1 Å². The van der Waals surface area contributed by atoms with Gasteiger partial charge in [-0.3, -0.25) is 0 Å². The minimum atomic E-state index is -3.48. The number of hydrogen-bond acceptors (Lipinski definition) is 3. The van der Waals surface area contributed by atoms with Gasteiger partial charge in [-0.25, -0.2) is 8.42 Å². The van der Waals surface area contributed by atoms with Crippen LogP contribution < -0.4 is 0 Å². The summed E-state index contributed by atoms with van der Waals surface area (Å²) < 4.78 is 33.9. The van der Waals surface area contributed by atoms with Crippen molar-refractivity contribution in [1.82, 2.24) is 4.31 Å². The Bertz CT molecular complexity index is 808. The highest BCUT2D eigenvalue weighted by molar-refractivity contribution is 14.1. The van der Waals surface area contributed by atoms with Crippen LogP contribution in [-0.2, 0) is 14.4 Å². The molecule has 1 aromatic rings. The number of nitrogens with zero attached hydrogens (tertiary/aromatic N) is 1. The van der Waals surface area contributed by atoms with Gasteiger partial charge in [0, 0.05) is 13.1 Å². The average Bonchev–Trinajstić information content (AvgIpc) is 2.86. The van der Waals surface area contributed by atoms with Crippen LogP contribution in [0.25, 0.3) is 0 Å². The second-order valence-corrected chi connectivity index (χ2v) is 20.1. The number of aryl methyl sites for hydroxylation is 1. The van der Waals surface area contributed by atoms with Gasteiger partial charge in [-0.1, -0.05) is 59.9 Å². The molecule has 1 aliphatic rings. The van der Waals surface area contributed by atoms with Crippen molar-refractivity contribution in [2.24, 2.45) is 0 Å². The van der Waals surface area contributed by atoms with Crippen molar-refractivity contribution in [2.45, 2.75) is 54.6 Å². The molecule has 0 aromatic heterocycles. The summed E-state index contributed by atoms with van der Waals surface area (Å²) in [5, 5.41) is 0. The Labute approximate surface area is 174 Å². The molecule has 1 aromatic carbocycles. The predicted molar refractivity (Wildman–Crippen MR) is 121 cm³/mol. The van der Waals surface area contributed by atoms with Crippen LogP contribution in [0.4, 0.5) is 0 Å². The van der Waals surface area contributed by atoms with Crippen LogP contribution >= 0.6 is 22.6 Å². The number of alkyl halides is 1. The maximum absolute atomic E-state index is 12.9. The fourth-order valence-electron chi connectivity index (χ4n) is 2.61. The Balaban J connectivity index is 2.13. The summed E-state index contributed by atoms with van der Waals surface area (Å²) in [7, 11) is -7.07. The molecule has 0 unspecified atom stereocenters. The van der Waals surface area contributed by atoms with Gasteiger partial charge >= 0.3 is 0 Å². The van der Waals surface area contributed by atoms with E-state index in [4.69, 9.17) is 4.43 Å². The van der Waals surface area contributed by atoms with Crippen LogP contribution in [0.15, 0.2) is 29.2 Å². The SMILES string of the molecule is Cc1ccc(S(=O)(=O)N2C[C@H](O[Si](C)(C)C#C[Si](C)(C)C)[C@@H](I)C2)cc1. The van der Waals surface area contributed by atoms with E-state index in [1.165, 1.54) is 0 Å². The highest BCUT2D eigenvalue weighted by Crippen LogP contribution is 2.28. The molecule has 1 saturated heterocycles. The summed E-state index contributed by atoms with van der Waals surface area (Å²) in [6.07, 6.45) is -0.103. The molecule has 1 heterocycles. The fraction of sp³-hybridized carbons (Fsp3) is 0.556. The smallest absolute Gasteiger partial charge is 0.265 e. The van der Waals surface area contributed by atoms with Crippen molar-refractivity contribution in [2.75, 3.05) is 13.1 Å². The first-order valence-corrected chi connectivity index (χ1v) is 17.8. The zero-order chi connectivity index (χ0) is 19.8. The Hall–Kier alpha value is -0.186. The minimum absolute atomic E-state index is 0.103. The van der Waals surface area contributed by atoms with Gasteiger partial charge in [0.2, 0.25) is 10.0 Å². The molecule has 1 aliphatic heterocycles. The van der Waals surface area contributed by atoms with Crippen LogP contribution in [0, 0.1) is 18.0 Å². The lowest BCUT2D eigenvalue weighted by molar-refractivity contribution is 0.219. The third-order valence-corrected chi connectivity index (χ3v) is 9.79. The van der Waals surface area contributed by atoms with Gasteiger partial charge in [0.15, 0.2) is 0 Å². The van der Waals surface area contributed by atoms with Gasteiger partial charge in [0.05, 0.1) is 14.9 Å². The summed E-state index contributed by atoms with van der Waals surface area (Å²) in [5.41, 5.74) is 7.86. The molecular formula is C18H28INO3SSi2. The number of sulfonamides is 1. The molecule has 2 rings (SSSR count). The Kier molecular flexibility index (Phi) is 6.84. The maximum atomic E-state index is 12.9. The molecule has 0 spiro atoms. The second kappa shape index (κ2) is 8.05. The summed E-state index contributed by atoms with van der Waals surface area (Å²) in [6.45, 7) is 13.7. The molecule has 0 aliphatic carbocycles. The van der Waals surface area contributed by atoms with E-state index in [0.29, 0.717) is 18.0 Å². The molecular weight excluding hydrogens is 493 g/mol. The van der Waals surface area contributed by atoms with Crippen LogP contribution in [-0.4, -0.2) is 52.2 Å². The van der Waals surface area contributed by atoms with Crippen LogP contribution in [0.3, 0.4) is 0 Å². The monoisotopic (exact) mass is 521 g/mol. The van der Waals surface area contributed by atoms with Gasteiger partial charge in [0.1, 0.15) is 8.07 Å². The lowest BCUT2D eigenvalue weighted by Gasteiger charge is -2.24. The number of halogens is 1. The molecule has 1 fully saturated rings. The molecule has 8 heteroatoms. The van der Waals surface area contributed by atoms with E-state index in [2.05, 4.69) is 66.4 Å². The van der Waals surface area contributed by atoms with E-state index in [0.717, 1.165) is 5.56 Å². The van der Waals surface area contributed by atoms with Crippen molar-refractivity contribution >= 4 is 49.0 Å². The normalized spacial score (nSPS) is 22.1. The van der Waals surface area contributed by atoms with Gasteiger partial charge < -0.3 is 4.43 Å². The van der Waals surface area contributed by atoms with E-state index in [9.17, 15) is 8.42 Å². The van der Waals surface area contributed by atoms with Gasteiger partial charge in [0.25, 0.3) is 8.32 Å². The van der Waals surface area contributed by atoms with E-state index < -0.39 is 26.4 Å². The van der Waals surface area contributed by atoms with Crippen LogP contribution in [0.1, 0.15) is 5.56 Å². The molecule has 0 saturated carbocycles. The van der Waals surface area contributed by atoms with Crippen LogP contribution in [0.5, 0.6) is 0 Å². The second-order valence-electron chi connectivity index (χ2n) is 8.32. The standard InChI is InChI=1S/C18H28INO3SSi2/c1-15-7-9-16(10-8-15)24(21,22)20-13-17(19)18(14-20)23-26(5,6)12-11-25(2,3)4/h7-10,17-18H,13-14H2,1-6H3/t17-,18-/m0/s1. The first-order valence-electron chi connectivity index (χ1n) is 8.73. The quantitative estimate of drug-likeness (QED) is 0.262. The molecule has 4 nitrogen and oxygen atoms in total. The van der Waals surface area contributed by atoms with Crippen molar-refractivity contribution in [1.29, 1.82) is 0 Å².